The molecule has 0 aromatic heterocycles. The quantitative estimate of drug-likeness (QED) is 0.791. The molecule has 1 N–H and O–H groups in total. The molecule has 1 amide bonds. The third-order valence-electron chi connectivity index (χ3n) is 3.05. The van der Waals surface area contributed by atoms with Crippen molar-refractivity contribution in [3.63, 3.8) is 0 Å². The van der Waals surface area contributed by atoms with Crippen molar-refractivity contribution in [2.24, 2.45) is 0 Å². The summed E-state index contributed by atoms with van der Waals surface area (Å²) < 4.78 is 11.0. The van der Waals surface area contributed by atoms with Gasteiger partial charge in [-0.3, -0.25) is 0 Å². The molecule has 0 saturated heterocycles. The minimum absolute atomic E-state index is 0.196. The summed E-state index contributed by atoms with van der Waals surface area (Å²) in [4.78, 5) is 13.7. The van der Waals surface area contributed by atoms with Gasteiger partial charge in [-0.15, -0.1) is 0 Å². The zero-order valence-corrected chi connectivity index (χ0v) is 16.1. The van der Waals surface area contributed by atoms with Crippen LogP contribution in [0.25, 0.3) is 0 Å². The van der Waals surface area contributed by atoms with Crippen molar-refractivity contribution in [2.45, 2.75) is 59.1 Å². The highest BCUT2D eigenvalue weighted by molar-refractivity contribution is 5.68. The first-order valence-corrected chi connectivity index (χ1v) is 8.41. The largest absolute Gasteiger partial charge is 0.488 e. The van der Waals surface area contributed by atoms with Crippen LogP contribution in [0.4, 0.5) is 10.5 Å². The molecule has 5 heteroatoms. The fourth-order valence-corrected chi connectivity index (χ4v) is 2.06. The maximum absolute atomic E-state index is 11.6. The first-order chi connectivity index (χ1) is 11.0. The Morgan fingerprint density at radius 3 is 2.17 bits per heavy atom. The number of nitrogens with zero attached hydrogens (tertiary/aromatic N) is 1. The number of amides is 1. The minimum atomic E-state index is -0.367. The van der Waals surface area contributed by atoms with E-state index >= 15 is 0 Å². The van der Waals surface area contributed by atoms with Crippen LogP contribution in [0.2, 0.25) is 0 Å². The zero-order chi connectivity index (χ0) is 18.4. The number of carbonyl (C=O) groups excluding carboxylic acids is 1. The molecular weight excluding hydrogens is 304 g/mol. The summed E-state index contributed by atoms with van der Waals surface area (Å²) in [5, 5.41) is 2.78. The second-order valence-electron chi connectivity index (χ2n) is 7.99. The van der Waals surface area contributed by atoms with Gasteiger partial charge in [0.25, 0.3) is 0 Å². The Kier molecular flexibility index (Phi) is 6.93. The van der Waals surface area contributed by atoms with Crippen LogP contribution in [-0.4, -0.2) is 37.4 Å². The lowest BCUT2D eigenvalue weighted by Gasteiger charge is -2.23. The molecule has 136 valence electrons. The van der Waals surface area contributed by atoms with Gasteiger partial charge >= 0.3 is 6.09 Å². The summed E-state index contributed by atoms with van der Waals surface area (Å²) in [5.74, 6) is 0.863. The molecule has 0 bridgehead atoms. The number of nitrogens with one attached hydrogen (secondary N) is 1. The van der Waals surface area contributed by atoms with E-state index in [9.17, 15) is 4.79 Å². The van der Waals surface area contributed by atoms with Gasteiger partial charge in [0.05, 0.1) is 6.61 Å². The third kappa shape index (κ3) is 8.65. The highest BCUT2D eigenvalue weighted by Crippen LogP contribution is 2.22. The van der Waals surface area contributed by atoms with Crippen molar-refractivity contribution in [2.75, 3.05) is 25.1 Å². The van der Waals surface area contributed by atoms with Crippen molar-refractivity contribution >= 4 is 11.8 Å². The average Bonchev–Trinajstić information content (AvgIpc) is 2.40. The van der Waals surface area contributed by atoms with E-state index in [-0.39, 0.29) is 17.2 Å². The van der Waals surface area contributed by atoms with Crippen LogP contribution in [-0.2, 0) is 4.74 Å². The topological polar surface area (TPSA) is 50.8 Å². The molecule has 0 unspecified atom stereocenters. The van der Waals surface area contributed by atoms with Crippen molar-refractivity contribution in [1.82, 2.24) is 5.32 Å². The number of ether oxygens (including phenoxy) is 2. The van der Waals surface area contributed by atoms with Gasteiger partial charge in [0.15, 0.2) is 0 Å². The predicted octanol–water partition coefficient (Wildman–Crippen LogP) is 4.21. The van der Waals surface area contributed by atoms with E-state index in [1.54, 1.807) is 0 Å². The molecule has 0 atom stereocenters. The number of carbonyl (C=O) groups is 1. The van der Waals surface area contributed by atoms with E-state index < -0.39 is 0 Å². The molecule has 0 aliphatic heterocycles. The number of benzene rings is 1. The summed E-state index contributed by atoms with van der Waals surface area (Å²) >= 11 is 0. The van der Waals surface area contributed by atoms with Gasteiger partial charge in [-0.05, 0) is 72.2 Å². The molecule has 1 rings (SSSR count). The Hall–Kier alpha value is -1.91. The van der Waals surface area contributed by atoms with E-state index in [1.807, 2.05) is 72.9 Å². The van der Waals surface area contributed by atoms with Gasteiger partial charge in [-0.1, -0.05) is 0 Å². The molecule has 0 aliphatic carbocycles. The number of anilines is 1. The molecule has 5 nitrogen and oxygen atoms in total. The highest BCUT2D eigenvalue weighted by Gasteiger charge is 2.14. The molecule has 0 aliphatic rings. The van der Waals surface area contributed by atoms with Gasteiger partial charge in [-0.2, -0.15) is 0 Å². The fraction of sp³-hybridized carbons (Fsp3) is 0.632. The van der Waals surface area contributed by atoms with Crippen LogP contribution in [0.1, 0.15) is 48.0 Å². The second kappa shape index (κ2) is 8.27. The molecule has 0 fully saturated rings. The summed E-state index contributed by atoms with van der Waals surface area (Å²) in [6.45, 7) is 13.1. The maximum atomic E-state index is 11.6. The maximum Gasteiger partial charge on any atom is 0.407 e. The van der Waals surface area contributed by atoms with Crippen LogP contribution >= 0.6 is 0 Å². The van der Waals surface area contributed by atoms with Gasteiger partial charge in [0.1, 0.15) is 11.4 Å². The molecule has 1 aromatic carbocycles. The van der Waals surface area contributed by atoms with Crippen molar-refractivity contribution in [1.29, 1.82) is 0 Å². The molecule has 0 radical (unpaired) electrons. The average molecular weight is 336 g/mol. The number of hydrogen-bond donors (Lipinski definition) is 1. The highest BCUT2D eigenvalue weighted by atomic mass is 16.5. The Labute approximate surface area is 146 Å². The summed E-state index contributed by atoms with van der Waals surface area (Å²) in [5.41, 5.74) is 0.638. The number of hydrogen-bond acceptors (Lipinski definition) is 4. The summed E-state index contributed by atoms with van der Waals surface area (Å²) in [6, 6.07) is 8.03. The molecule has 24 heavy (non-hydrogen) atoms. The Morgan fingerprint density at radius 1 is 1.08 bits per heavy atom. The van der Waals surface area contributed by atoms with Gasteiger partial charge in [0, 0.05) is 24.8 Å². The Balaban J connectivity index is 2.35. The molecule has 0 saturated carbocycles. The van der Waals surface area contributed by atoms with Crippen LogP contribution in [0.3, 0.4) is 0 Å². The first-order valence-electron chi connectivity index (χ1n) is 8.41. The Morgan fingerprint density at radius 2 is 1.67 bits per heavy atom. The predicted molar refractivity (Wildman–Crippen MR) is 98.9 cm³/mol. The lowest BCUT2D eigenvalue weighted by Crippen LogP contribution is -2.41. The van der Waals surface area contributed by atoms with Gasteiger partial charge < -0.3 is 19.7 Å². The van der Waals surface area contributed by atoms with Crippen LogP contribution in [0, 0.1) is 0 Å². The summed E-state index contributed by atoms with van der Waals surface area (Å²) in [7, 11) is 2.02. The van der Waals surface area contributed by atoms with Crippen molar-refractivity contribution in [3.05, 3.63) is 24.3 Å². The zero-order valence-electron chi connectivity index (χ0n) is 16.1. The Bertz CT molecular complexity index is 513. The van der Waals surface area contributed by atoms with E-state index in [4.69, 9.17) is 9.47 Å². The van der Waals surface area contributed by atoms with Gasteiger partial charge in [-0.25, -0.2) is 4.79 Å². The van der Waals surface area contributed by atoms with Gasteiger partial charge in [0.2, 0.25) is 0 Å². The second-order valence-corrected chi connectivity index (χ2v) is 7.99. The molecular formula is C19H32N2O3. The van der Waals surface area contributed by atoms with Crippen LogP contribution < -0.4 is 15.0 Å². The smallest absolute Gasteiger partial charge is 0.407 e. The standard InChI is InChI=1S/C19H32N2O3/c1-18(2,3)20-17(22)23-14-8-13-21(7)15-9-11-16(12-10-15)24-19(4,5)6/h9-12H,8,13-14H2,1-7H3,(H,20,22). The SMILES string of the molecule is CN(CCCOC(=O)NC(C)(C)C)c1ccc(OC(C)(C)C)cc1. The monoisotopic (exact) mass is 336 g/mol. The molecule has 0 spiro atoms. The van der Waals surface area contributed by atoms with E-state index in [2.05, 4.69) is 10.2 Å². The number of rotatable bonds is 6. The first kappa shape index (κ1) is 20.1. The van der Waals surface area contributed by atoms with Crippen LogP contribution in [0.15, 0.2) is 24.3 Å². The van der Waals surface area contributed by atoms with E-state index in [0.29, 0.717) is 6.61 Å². The molecule has 0 heterocycles. The lowest BCUT2D eigenvalue weighted by molar-refractivity contribution is 0.131. The summed E-state index contributed by atoms with van der Waals surface area (Å²) in [6.07, 6.45) is 0.405. The van der Waals surface area contributed by atoms with Crippen molar-refractivity contribution < 1.29 is 14.3 Å². The van der Waals surface area contributed by atoms with Crippen molar-refractivity contribution in [3.8, 4) is 5.75 Å². The van der Waals surface area contributed by atoms with E-state index in [0.717, 1.165) is 24.4 Å². The normalized spacial score (nSPS) is 11.8. The lowest BCUT2D eigenvalue weighted by atomic mass is 10.1. The number of alkyl carbamates (subject to hydrolysis) is 1. The van der Waals surface area contributed by atoms with Crippen LogP contribution in [0.5, 0.6) is 5.75 Å². The molecule has 1 aromatic rings. The van der Waals surface area contributed by atoms with E-state index in [1.165, 1.54) is 0 Å². The fourth-order valence-electron chi connectivity index (χ4n) is 2.06. The minimum Gasteiger partial charge on any atom is -0.488 e. The third-order valence-corrected chi connectivity index (χ3v) is 3.05.